The van der Waals surface area contributed by atoms with Crippen molar-refractivity contribution in [1.29, 1.82) is 0 Å². The first-order valence-corrected chi connectivity index (χ1v) is 8.04. The average Bonchev–Trinajstić information content (AvgIpc) is 2.98. The Balaban J connectivity index is 1.73. The van der Waals surface area contributed by atoms with Crippen molar-refractivity contribution in [2.24, 2.45) is 0 Å². The molecule has 0 atom stereocenters. The van der Waals surface area contributed by atoms with Gasteiger partial charge >= 0.3 is 0 Å². The predicted molar refractivity (Wildman–Crippen MR) is 93.9 cm³/mol. The van der Waals surface area contributed by atoms with Crippen molar-refractivity contribution >= 4 is 47.0 Å². The molecule has 2 aromatic carbocycles. The molecule has 0 saturated heterocycles. The summed E-state index contributed by atoms with van der Waals surface area (Å²) in [6.45, 7) is 0. The van der Waals surface area contributed by atoms with Crippen LogP contribution >= 0.6 is 34.8 Å². The second kappa shape index (κ2) is 7.34. The monoisotopic (exact) mass is 382 g/mol. The highest BCUT2D eigenvalue weighted by Gasteiger charge is 2.07. The number of halogens is 4. The number of hydrogen-bond acceptors (Lipinski definition) is 3. The Morgan fingerprint density at radius 3 is 2.50 bits per heavy atom. The van der Waals surface area contributed by atoms with Crippen LogP contribution in [0.1, 0.15) is 22.9 Å². The lowest BCUT2D eigenvalue weighted by Gasteiger charge is -1.99. The summed E-state index contributed by atoms with van der Waals surface area (Å²) < 4.78 is 18.5. The summed E-state index contributed by atoms with van der Waals surface area (Å²) in [6.07, 6.45) is 3.73. The molecule has 0 aliphatic rings. The lowest BCUT2D eigenvalue weighted by molar-refractivity contribution is 0.496. The minimum absolute atomic E-state index is 0.307. The van der Waals surface area contributed by atoms with Crippen molar-refractivity contribution in [3.63, 3.8) is 0 Å². The summed E-state index contributed by atoms with van der Waals surface area (Å²) in [5, 5.41) is 9.18. The van der Waals surface area contributed by atoms with E-state index in [1.54, 1.807) is 30.4 Å². The van der Waals surface area contributed by atoms with E-state index in [0.29, 0.717) is 38.8 Å². The zero-order valence-electron chi connectivity index (χ0n) is 12.1. The Bertz CT molecular complexity index is 909. The van der Waals surface area contributed by atoms with E-state index < -0.39 is 0 Å². The fraction of sp³-hybridized carbons (Fsp3) is 0.0588. The topological polar surface area (TPSA) is 38.9 Å². The van der Waals surface area contributed by atoms with Gasteiger partial charge in [0, 0.05) is 6.08 Å². The molecule has 122 valence electrons. The van der Waals surface area contributed by atoms with Gasteiger partial charge in [0.2, 0.25) is 11.8 Å². The van der Waals surface area contributed by atoms with Crippen LogP contribution in [0.25, 0.3) is 12.2 Å². The normalized spacial score (nSPS) is 11.3. The van der Waals surface area contributed by atoms with Crippen molar-refractivity contribution in [2.75, 3.05) is 0 Å². The summed E-state index contributed by atoms with van der Waals surface area (Å²) in [6, 6.07) is 9.45. The first-order chi connectivity index (χ1) is 11.5. The Morgan fingerprint density at radius 1 is 0.917 bits per heavy atom. The number of aromatic nitrogens is 2. The van der Waals surface area contributed by atoms with Crippen LogP contribution in [0, 0.1) is 5.82 Å². The Hall–Kier alpha value is -1.88. The van der Waals surface area contributed by atoms with Gasteiger partial charge in [0.1, 0.15) is 5.82 Å². The van der Waals surface area contributed by atoms with E-state index in [4.69, 9.17) is 39.2 Å². The van der Waals surface area contributed by atoms with E-state index in [9.17, 15) is 4.39 Å². The molecule has 3 nitrogen and oxygen atoms in total. The minimum atomic E-state index is -0.390. The van der Waals surface area contributed by atoms with Crippen LogP contribution in [0.3, 0.4) is 0 Å². The van der Waals surface area contributed by atoms with E-state index in [2.05, 4.69) is 10.2 Å². The molecule has 1 aromatic heterocycles. The van der Waals surface area contributed by atoms with Gasteiger partial charge in [-0.3, -0.25) is 0 Å². The van der Waals surface area contributed by atoms with Gasteiger partial charge in [0.05, 0.1) is 21.5 Å². The minimum Gasteiger partial charge on any atom is -0.421 e. The number of rotatable bonds is 4. The predicted octanol–water partition coefficient (Wildman–Crippen LogP) is 5.93. The fourth-order valence-corrected chi connectivity index (χ4v) is 2.58. The van der Waals surface area contributed by atoms with Gasteiger partial charge in [-0.1, -0.05) is 46.9 Å². The average molecular weight is 384 g/mol. The van der Waals surface area contributed by atoms with Crippen LogP contribution < -0.4 is 0 Å². The molecule has 0 amide bonds. The van der Waals surface area contributed by atoms with Crippen LogP contribution in [-0.4, -0.2) is 10.2 Å². The second-order valence-electron chi connectivity index (χ2n) is 4.96. The van der Waals surface area contributed by atoms with E-state index in [-0.39, 0.29) is 5.82 Å². The largest absolute Gasteiger partial charge is 0.421 e. The van der Waals surface area contributed by atoms with Gasteiger partial charge in [-0.05, 0) is 41.5 Å². The van der Waals surface area contributed by atoms with E-state index in [0.717, 1.165) is 5.56 Å². The molecule has 0 unspecified atom stereocenters. The van der Waals surface area contributed by atoms with Crippen molar-refractivity contribution in [3.05, 3.63) is 80.2 Å². The van der Waals surface area contributed by atoms with Gasteiger partial charge in [0.15, 0.2) is 0 Å². The van der Waals surface area contributed by atoms with Crippen molar-refractivity contribution < 1.29 is 8.81 Å². The standard InChI is InChI=1S/C17H10Cl3FN2O/c18-13-5-1-10(7-15(13)20)8-17-23-22-16(24-17)6-3-11-2-4-12(21)9-14(11)19/h1-7,9H,8H2/b6-3+. The van der Waals surface area contributed by atoms with Gasteiger partial charge < -0.3 is 4.42 Å². The molecule has 3 rings (SSSR count). The molecule has 0 saturated carbocycles. The number of benzene rings is 2. The molecule has 0 bridgehead atoms. The first-order valence-electron chi connectivity index (χ1n) is 6.91. The van der Waals surface area contributed by atoms with Crippen LogP contribution in [0.15, 0.2) is 40.8 Å². The molecule has 0 N–H and O–H groups in total. The zero-order chi connectivity index (χ0) is 17.1. The van der Waals surface area contributed by atoms with E-state index in [1.165, 1.54) is 12.1 Å². The molecule has 1 heterocycles. The van der Waals surface area contributed by atoms with Gasteiger partial charge in [-0.2, -0.15) is 0 Å². The first kappa shape index (κ1) is 17.0. The molecular formula is C17H10Cl3FN2O. The van der Waals surface area contributed by atoms with Crippen LogP contribution in [0.4, 0.5) is 4.39 Å². The third-order valence-electron chi connectivity index (χ3n) is 3.19. The Labute approximate surface area is 152 Å². The highest BCUT2D eigenvalue weighted by molar-refractivity contribution is 6.42. The molecule has 0 radical (unpaired) electrons. The van der Waals surface area contributed by atoms with Crippen molar-refractivity contribution in [2.45, 2.75) is 6.42 Å². The van der Waals surface area contributed by atoms with Crippen LogP contribution in [-0.2, 0) is 6.42 Å². The number of nitrogens with zero attached hydrogens (tertiary/aromatic N) is 2. The molecule has 0 spiro atoms. The maximum atomic E-state index is 13.0. The highest BCUT2D eigenvalue weighted by Crippen LogP contribution is 2.24. The zero-order valence-corrected chi connectivity index (χ0v) is 14.4. The third-order valence-corrected chi connectivity index (χ3v) is 4.26. The lowest BCUT2D eigenvalue weighted by atomic mass is 10.1. The fourth-order valence-electron chi connectivity index (χ4n) is 2.03. The molecule has 0 fully saturated rings. The molecular weight excluding hydrogens is 374 g/mol. The number of hydrogen-bond donors (Lipinski definition) is 0. The molecule has 0 aliphatic carbocycles. The van der Waals surface area contributed by atoms with Crippen molar-refractivity contribution in [1.82, 2.24) is 10.2 Å². The van der Waals surface area contributed by atoms with Gasteiger partial charge in [-0.15, -0.1) is 10.2 Å². The molecule has 24 heavy (non-hydrogen) atoms. The molecule has 7 heteroatoms. The smallest absolute Gasteiger partial charge is 0.240 e. The maximum absolute atomic E-state index is 13.0. The summed E-state index contributed by atoms with van der Waals surface area (Å²) in [5.74, 6) is 0.377. The van der Waals surface area contributed by atoms with Crippen LogP contribution in [0.5, 0.6) is 0 Å². The van der Waals surface area contributed by atoms with Gasteiger partial charge in [0.25, 0.3) is 0 Å². The summed E-state index contributed by atoms with van der Waals surface area (Å²) >= 11 is 17.8. The van der Waals surface area contributed by atoms with Crippen molar-refractivity contribution in [3.8, 4) is 0 Å². The van der Waals surface area contributed by atoms with E-state index in [1.807, 2.05) is 6.07 Å². The Kier molecular flexibility index (Phi) is 5.19. The maximum Gasteiger partial charge on any atom is 0.240 e. The third kappa shape index (κ3) is 4.15. The quantitative estimate of drug-likeness (QED) is 0.560. The summed E-state index contributed by atoms with van der Waals surface area (Å²) in [7, 11) is 0. The second-order valence-corrected chi connectivity index (χ2v) is 6.18. The molecule has 0 aliphatic heterocycles. The SMILES string of the molecule is Fc1ccc(/C=C/c2nnc(Cc3ccc(Cl)c(Cl)c3)o2)c(Cl)c1. The molecule has 3 aromatic rings. The highest BCUT2D eigenvalue weighted by atomic mass is 35.5. The summed E-state index contributed by atoms with van der Waals surface area (Å²) in [4.78, 5) is 0. The van der Waals surface area contributed by atoms with E-state index >= 15 is 0 Å². The van der Waals surface area contributed by atoms with Crippen LogP contribution in [0.2, 0.25) is 15.1 Å². The van der Waals surface area contributed by atoms with Gasteiger partial charge in [-0.25, -0.2) is 4.39 Å². The summed E-state index contributed by atoms with van der Waals surface area (Å²) in [5.41, 5.74) is 1.56. The Morgan fingerprint density at radius 2 is 1.75 bits per heavy atom. The lowest BCUT2D eigenvalue weighted by Crippen LogP contribution is -1.88.